The van der Waals surface area contributed by atoms with E-state index in [9.17, 15) is 9.59 Å². The van der Waals surface area contributed by atoms with Crippen molar-refractivity contribution >= 4 is 11.9 Å². The second-order valence-electron chi connectivity index (χ2n) is 3.36. The fraction of sp³-hybridized carbons (Fsp3) is 0.400. The largest absolute Gasteiger partial charge is 0.481 e. The second kappa shape index (κ2) is 5.20. The first kappa shape index (κ1) is 12.1. The summed E-state index contributed by atoms with van der Waals surface area (Å²) >= 11 is 0. The van der Waals surface area contributed by atoms with Crippen molar-refractivity contribution in [3.8, 4) is 0 Å². The van der Waals surface area contributed by atoms with Crippen LogP contribution in [0.4, 0.5) is 0 Å². The maximum atomic E-state index is 11.4. The Bertz CT molecular complexity index is 418. The van der Waals surface area contributed by atoms with Crippen LogP contribution in [0.1, 0.15) is 22.3 Å². The van der Waals surface area contributed by atoms with E-state index < -0.39 is 5.97 Å². The third-order valence-electron chi connectivity index (χ3n) is 2.13. The molecular formula is C10H14N3O3+. The molecule has 6 nitrogen and oxygen atoms in total. The lowest BCUT2D eigenvalue weighted by atomic mass is 10.2. The number of aryl methyl sites for hydroxylation is 2. The summed E-state index contributed by atoms with van der Waals surface area (Å²) in [7, 11) is 1.55. The van der Waals surface area contributed by atoms with Crippen molar-refractivity contribution in [1.82, 2.24) is 10.4 Å². The minimum Gasteiger partial charge on any atom is -0.481 e. The number of carbonyl (C=O) groups excluding carboxylic acids is 1. The third kappa shape index (κ3) is 3.01. The van der Waals surface area contributed by atoms with Crippen LogP contribution in [0.5, 0.6) is 0 Å². The van der Waals surface area contributed by atoms with Gasteiger partial charge >= 0.3 is 5.97 Å². The van der Waals surface area contributed by atoms with Gasteiger partial charge in [-0.15, -0.1) is 0 Å². The van der Waals surface area contributed by atoms with Gasteiger partial charge in [-0.25, -0.2) is 0 Å². The van der Waals surface area contributed by atoms with Crippen molar-refractivity contribution in [2.75, 3.05) is 7.05 Å². The summed E-state index contributed by atoms with van der Waals surface area (Å²) in [5, 5.41) is 15.0. The Morgan fingerprint density at radius 1 is 1.56 bits per heavy atom. The Kier molecular flexibility index (Phi) is 3.93. The van der Waals surface area contributed by atoms with Crippen molar-refractivity contribution in [3.63, 3.8) is 0 Å². The van der Waals surface area contributed by atoms with Gasteiger partial charge < -0.3 is 10.4 Å². The molecule has 0 aliphatic heterocycles. The number of aliphatic carboxylic acids is 1. The molecule has 6 heteroatoms. The lowest BCUT2D eigenvalue weighted by Crippen LogP contribution is -2.39. The van der Waals surface area contributed by atoms with Gasteiger partial charge in [0.15, 0.2) is 12.7 Å². The lowest BCUT2D eigenvalue weighted by molar-refractivity contribution is -0.753. The van der Waals surface area contributed by atoms with Gasteiger partial charge in [0, 0.05) is 12.6 Å². The molecule has 86 valence electrons. The van der Waals surface area contributed by atoms with Crippen molar-refractivity contribution < 1.29 is 19.4 Å². The molecule has 1 aromatic rings. The Balaban J connectivity index is 2.82. The van der Waals surface area contributed by atoms with Crippen LogP contribution in [0.25, 0.3) is 0 Å². The molecule has 0 atom stereocenters. The molecule has 1 amide bonds. The maximum Gasteiger partial charge on any atom is 0.309 e. The minimum atomic E-state index is -0.873. The van der Waals surface area contributed by atoms with Crippen molar-refractivity contribution in [3.05, 3.63) is 23.5 Å². The average molecular weight is 224 g/mol. The van der Waals surface area contributed by atoms with Crippen molar-refractivity contribution in [2.45, 2.75) is 19.9 Å². The van der Waals surface area contributed by atoms with Gasteiger partial charge in [0.05, 0.1) is 5.56 Å². The van der Waals surface area contributed by atoms with Gasteiger partial charge in [0.2, 0.25) is 0 Å². The van der Waals surface area contributed by atoms with E-state index in [0.717, 1.165) is 5.56 Å². The fourth-order valence-electron chi connectivity index (χ4n) is 1.26. The molecule has 0 saturated heterocycles. The molecule has 2 N–H and O–H groups in total. The summed E-state index contributed by atoms with van der Waals surface area (Å²) < 4.78 is 1.51. The van der Waals surface area contributed by atoms with E-state index in [-0.39, 0.29) is 12.3 Å². The number of nitrogens with one attached hydrogen (secondary N) is 1. The number of carboxylic acid groups (broad SMARTS) is 1. The smallest absolute Gasteiger partial charge is 0.309 e. The topological polar surface area (TPSA) is 83.2 Å². The number of nitrogens with zero attached hydrogens (tertiary/aromatic N) is 2. The number of hydrogen-bond donors (Lipinski definition) is 2. The van der Waals surface area contributed by atoms with Crippen LogP contribution in [-0.2, 0) is 11.3 Å². The Morgan fingerprint density at radius 3 is 2.75 bits per heavy atom. The van der Waals surface area contributed by atoms with E-state index in [1.54, 1.807) is 20.2 Å². The van der Waals surface area contributed by atoms with E-state index in [0.29, 0.717) is 12.1 Å². The van der Waals surface area contributed by atoms with E-state index in [4.69, 9.17) is 5.11 Å². The molecule has 0 radical (unpaired) electrons. The number of hydrogen-bond acceptors (Lipinski definition) is 3. The van der Waals surface area contributed by atoms with Gasteiger partial charge in [-0.2, -0.15) is 0 Å². The number of carbonyl (C=O) groups is 2. The Hall–Kier alpha value is -1.98. The monoisotopic (exact) mass is 224 g/mol. The van der Waals surface area contributed by atoms with Crippen LogP contribution in [-0.4, -0.2) is 29.1 Å². The molecule has 0 aromatic carbocycles. The number of rotatable bonds is 4. The predicted molar refractivity (Wildman–Crippen MR) is 54.8 cm³/mol. The third-order valence-corrected chi connectivity index (χ3v) is 2.13. The Morgan fingerprint density at radius 2 is 2.25 bits per heavy atom. The molecule has 0 unspecified atom stereocenters. The fourth-order valence-corrected chi connectivity index (χ4v) is 1.26. The summed E-state index contributed by atoms with van der Waals surface area (Å²) in [5.41, 5.74) is 1.26. The second-order valence-corrected chi connectivity index (χ2v) is 3.36. The first-order valence-electron chi connectivity index (χ1n) is 4.85. The highest BCUT2D eigenvalue weighted by atomic mass is 16.4. The van der Waals surface area contributed by atoms with Gasteiger partial charge in [-0.1, -0.05) is 4.68 Å². The molecular weight excluding hydrogens is 210 g/mol. The predicted octanol–water partition coefficient (Wildman–Crippen LogP) is -0.488. The summed E-state index contributed by atoms with van der Waals surface area (Å²) in [5.74, 6) is -1.07. The summed E-state index contributed by atoms with van der Waals surface area (Å²) in [6.45, 7) is 2.08. The van der Waals surface area contributed by atoms with E-state index in [1.165, 1.54) is 10.9 Å². The highest BCUT2D eigenvalue weighted by Crippen LogP contribution is 2.01. The summed E-state index contributed by atoms with van der Waals surface area (Å²) in [4.78, 5) is 21.7. The Labute approximate surface area is 92.9 Å². The molecule has 0 bridgehead atoms. The molecule has 0 spiro atoms. The standard InChI is InChI=1S/C10H13N3O3/c1-7-6-13(4-3-9(14)15)12-5-8(7)10(16)11-2/h5-6H,3-4H2,1-2H3,(H-,11,14,15,16)/p+1. The normalized spacial score (nSPS) is 9.88. The van der Waals surface area contributed by atoms with Gasteiger partial charge in [0.25, 0.3) is 5.91 Å². The molecule has 0 saturated carbocycles. The average Bonchev–Trinajstić information content (AvgIpc) is 2.25. The highest BCUT2D eigenvalue weighted by Gasteiger charge is 2.13. The number of amides is 1. The van der Waals surface area contributed by atoms with Gasteiger partial charge in [-0.3, -0.25) is 9.59 Å². The first-order chi connectivity index (χ1) is 7.54. The quantitative estimate of drug-likeness (QED) is 0.676. The van der Waals surface area contributed by atoms with Crippen molar-refractivity contribution in [2.24, 2.45) is 0 Å². The maximum absolute atomic E-state index is 11.4. The van der Waals surface area contributed by atoms with Crippen LogP contribution in [0.3, 0.4) is 0 Å². The SMILES string of the molecule is CNC(=O)c1cn[n+](CCC(=O)O)cc1C. The van der Waals surface area contributed by atoms with E-state index >= 15 is 0 Å². The zero-order valence-corrected chi connectivity index (χ0v) is 9.23. The van der Waals surface area contributed by atoms with Crippen LogP contribution >= 0.6 is 0 Å². The van der Waals surface area contributed by atoms with E-state index in [2.05, 4.69) is 10.4 Å². The zero-order chi connectivity index (χ0) is 12.1. The van der Waals surface area contributed by atoms with Crippen molar-refractivity contribution in [1.29, 1.82) is 0 Å². The summed E-state index contributed by atoms with van der Waals surface area (Å²) in [6, 6.07) is 0. The minimum absolute atomic E-state index is 0.0103. The number of carboxylic acids is 1. The van der Waals surface area contributed by atoms with Crippen LogP contribution in [0.15, 0.2) is 12.4 Å². The molecule has 1 aromatic heterocycles. The molecule has 0 aliphatic rings. The lowest BCUT2D eigenvalue weighted by Gasteiger charge is -2.01. The molecule has 1 heterocycles. The molecule has 0 fully saturated rings. The summed E-state index contributed by atoms with van der Waals surface area (Å²) in [6.07, 6.45) is 3.11. The van der Waals surface area contributed by atoms with Gasteiger partial charge in [0.1, 0.15) is 12.6 Å². The number of aromatic nitrogens is 2. The molecule has 16 heavy (non-hydrogen) atoms. The van der Waals surface area contributed by atoms with Gasteiger partial charge in [-0.05, 0) is 12.0 Å². The first-order valence-corrected chi connectivity index (χ1v) is 4.85. The van der Waals surface area contributed by atoms with E-state index in [1.807, 2.05) is 0 Å². The molecule has 1 rings (SSSR count). The van der Waals surface area contributed by atoms with Crippen LogP contribution in [0, 0.1) is 6.92 Å². The zero-order valence-electron chi connectivity index (χ0n) is 9.23. The molecule has 0 aliphatic carbocycles. The van der Waals surface area contributed by atoms with Crippen LogP contribution < -0.4 is 10.00 Å². The highest BCUT2D eigenvalue weighted by molar-refractivity contribution is 5.94. The van der Waals surface area contributed by atoms with Crippen LogP contribution in [0.2, 0.25) is 0 Å².